The first-order valence-electron chi connectivity index (χ1n) is 12.9. The Bertz CT molecular complexity index is 1370. The zero-order chi connectivity index (χ0) is 25.0. The number of anilines is 1. The van der Waals surface area contributed by atoms with Gasteiger partial charge in [-0.15, -0.1) is 0 Å². The number of hydrogen-bond donors (Lipinski definition) is 1. The standard InChI is InChI=1S/C26H34N8OS/c1-15(2)22-23(19-8-20(35-5)25-28-14-29-34(25)13-19)30-31-24(22)26-27-9-21(36-26)33-11-16(3)32(10-17(33)4)12-18-6-7-18/h8-9,13-18H,6-7,10-12H2,1-5H3,(H,30,31)/t16-,17+/m0/s1. The van der Waals surface area contributed by atoms with Crippen LogP contribution in [0.25, 0.3) is 27.6 Å². The number of fused-ring (bicyclic) bond motifs is 1. The molecule has 0 aromatic carbocycles. The van der Waals surface area contributed by atoms with Crippen molar-refractivity contribution in [3.63, 3.8) is 0 Å². The fraction of sp³-hybridized carbons (Fsp3) is 0.538. The van der Waals surface area contributed by atoms with E-state index in [1.165, 1.54) is 30.7 Å². The molecule has 0 radical (unpaired) electrons. The highest BCUT2D eigenvalue weighted by Crippen LogP contribution is 2.40. The van der Waals surface area contributed by atoms with Gasteiger partial charge in [-0.2, -0.15) is 10.2 Å². The normalized spacial score (nSPS) is 21.1. The molecule has 10 heteroatoms. The van der Waals surface area contributed by atoms with Gasteiger partial charge in [-0.1, -0.05) is 25.2 Å². The Kier molecular flexibility index (Phi) is 5.95. The van der Waals surface area contributed by atoms with Gasteiger partial charge in [0.05, 0.1) is 24.7 Å². The van der Waals surface area contributed by atoms with Crippen LogP contribution in [0, 0.1) is 5.92 Å². The maximum absolute atomic E-state index is 5.58. The second kappa shape index (κ2) is 9.15. The molecule has 190 valence electrons. The molecule has 0 bridgehead atoms. The van der Waals surface area contributed by atoms with Crippen molar-refractivity contribution >= 4 is 22.0 Å². The quantitative estimate of drug-likeness (QED) is 0.389. The van der Waals surface area contributed by atoms with E-state index in [-0.39, 0.29) is 5.92 Å². The molecule has 6 rings (SSSR count). The van der Waals surface area contributed by atoms with Gasteiger partial charge in [0.2, 0.25) is 0 Å². The number of hydrogen-bond acceptors (Lipinski definition) is 8. The number of aromatic nitrogens is 6. The van der Waals surface area contributed by atoms with Crippen molar-refractivity contribution in [1.29, 1.82) is 0 Å². The summed E-state index contributed by atoms with van der Waals surface area (Å²) in [5.74, 6) is 1.85. The lowest BCUT2D eigenvalue weighted by atomic mass is 9.97. The Hall–Kier alpha value is -2.98. The monoisotopic (exact) mass is 506 g/mol. The molecule has 0 unspecified atom stereocenters. The van der Waals surface area contributed by atoms with E-state index >= 15 is 0 Å². The molecular weight excluding hydrogens is 472 g/mol. The minimum absolute atomic E-state index is 0.253. The van der Waals surface area contributed by atoms with E-state index in [0.29, 0.717) is 23.5 Å². The number of piperazine rings is 1. The molecule has 4 aromatic rings. The van der Waals surface area contributed by atoms with Crippen LogP contribution in [0.3, 0.4) is 0 Å². The zero-order valence-electron chi connectivity index (χ0n) is 21.6. The van der Waals surface area contributed by atoms with Gasteiger partial charge in [0.1, 0.15) is 16.3 Å². The van der Waals surface area contributed by atoms with Crippen LogP contribution < -0.4 is 9.64 Å². The van der Waals surface area contributed by atoms with Gasteiger partial charge in [-0.3, -0.25) is 10.00 Å². The molecule has 1 saturated heterocycles. The van der Waals surface area contributed by atoms with Gasteiger partial charge in [-0.25, -0.2) is 14.5 Å². The lowest BCUT2D eigenvalue weighted by Crippen LogP contribution is -2.56. The van der Waals surface area contributed by atoms with Crippen molar-refractivity contribution in [1.82, 2.24) is 34.7 Å². The van der Waals surface area contributed by atoms with E-state index < -0.39 is 0 Å². The summed E-state index contributed by atoms with van der Waals surface area (Å²) >= 11 is 1.75. The molecule has 0 spiro atoms. The lowest BCUT2D eigenvalue weighted by Gasteiger charge is -2.44. The smallest absolute Gasteiger partial charge is 0.197 e. The highest BCUT2D eigenvalue weighted by molar-refractivity contribution is 7.18. The van der Waals surface area contributed by atoms with Crippen LogP contribution in [0.2, 0.25) is 0 Å². The Morgan fingerprint density at radius 3 is 2.75 bits per heavy atom. The second-order valence-electron chi connectivity index (χ2n) is 10.6. The Morgan fingerprint density at radius 2 is 2.00 bits per heavy atom. The lowest BCUT2D eigenvalue weighted by molar-refractivity contribution is 0.159. The number of aromatic amines is 1. The average Bonchev–Trinajstić information content (AvgIpc) is 3.25. The Balaban J connectivity index is 1.31. The Morgan fingerprint density at radius 1 is 1.17 bits per heavy atom. The molecule has 0 amide bonds. The second-order valence-corrected chi connectivity index (χ2v) is 11.6. The number of pyridine rings is 1. The molecule has 1 aliphatic carbocycles. The van der Waals surface area contributed by atoms with Crippen LogP contribution in [-0.4, -0.2) is 73.5 Å². The minimum Gasteiger partial charge on any atom is -0.493 e. The van der Waals surface area contributed by atoms with Crippen molar-refractivity contribution in [2.45, 2.75) is 58.5 Å². The van der Waals surface area contributed by atoms with Crippen LogP contribution in [0.4, 0.5) is 5.00 Å². The summed E-state index contributed by atoms with van der Waals surface area (Å²) < 4.78 is 7.32. The number of nitrogens with one attached hydrogen (secondary N) is 1. The van der Waals surface area contributed by atoms with Crippen LogP contribution in [0.15, 0.2) is 24.8 Å². The molecule has 2 aliphatic rings. The van der Waals surface area contributed by atoms with Gasteiger partial charge in [-0.05, 0) is 44.6 Å². The predicted molar refractivity (Wildman–Crippen MR) is 143 cm³/mol. The number of H-pyrrole nitrogens is 1. The van der Waals surface area contributed by atoms with E-state index in [1.54, 1.807) is 23.0 Å². The Labute approximate surface area is 215 Å². The summed E-state index contributed by atoms with van der Waals surface area (Å²) in [5.41, 5.74) is 4.65. The van der Waals surface area contributed by atoms with Crippen molar-refractivity contribution in [2.24, 2.45) is 5.92 Å². The highest BCUT2D eigenvalue weighted by atomic mass is 32.1. The van der Waals surface area contributed by atoms with E-state index in [0.717, 1.165) is 46.5 Å². The van der Waals surface area contributed by atoms with Crippen LogP contribution >= 0.6 is 11.3 Å². The third-order valence-electron chi connectivity index (χ3n) is 7.51. The van der Waals surface area contributed by atoms with Crippen molar-refractivity contribution in [3.8, 4) is 27.7 Å². The molecule has 1 N–H and O–H groups in total. The van der Waals surface area contributed by atoms with E-state index in [1.807, 2.05) is 18.5 Å². The molecule has 4 aromatic heterocycles. The molecule has 9 nitrogen and oxygen atoms in total. The number of nitrogens with zero attached hydrogens (tertiary/aromatic N) is 7. The maximum atomic E-state index is 5.58. The van der Waals surface area contributed by atoms with Crippen molar-refractivity contribution < 1.29 is 4.74 Å². The molecule has 36 heavy (non-hydrogen) atoms. The van der Waals surface area contributed by atoms with Gasteiger partial charge < -0.3 is 9.64 Å². The van der Waals surface area contributed by atoms with Crippen molar-refractivity contribution in [2.75, 3.05) is 31.6 Å². The molecule has 2 fully saturated rings. The number of thiazole rings is 1. The predicted octanol–water partition coefficient (Wildman–Crippen LogP) is 4.68. The average molecular weight is 507 g/mol. The van der Waals surface area contributed by atoms with Gasteiger partial charge in [0, 0.05) is 49.0 Å². The summed E-state index contributed by atoms with van der Waals surface area (Å²) in [7, 11) is 1.65. The van der Waals surface area contributed by atoms with Crippen LogP contribution in [0.1, 0.15) is 52.0 Å². The van der Waals surface area contributed by atoms with Gasteiger partial charge in [0.15, 0.2) is 11.4 Å². The summed E-state index contributed by atoms with van der Waals surface area (Å²) in [5, 5.41) is 14.6. The molecule has 1 aliphatic heterocycles. The van der Waals surface area contributed by atoms with Crippen molar-refractivity contribution in [3.05, 3.63) is 30.4 Å². The molecule has 5 heterocycles. The third kappa shape index (κ3) is 4.16. The summed E-state index contributed by atoms with van der Waals surface area (Å²) in [4.78, 5) is 14.4. The number of rotatable bonds is 7. The third-order valence-corrected chi connectivity index (χ3v) is 8.56. The first kappa shape index (κ1) is 23.4. The van der Waals surface area contributed by atoms with Gasteiger partial charge >= 0.3 is 0 Å². The topological polar surface area (TPSA) is 87.5 Å². The SMILES string of the molecule is COc1cc(-c2n[nH]c(-c3ncc(N4C[C@H](C)N(CC5CC5)C[C@H]4C)s3)c2C(C)C)cn2ncnc12. The zero-order valence-corrected chi connectivity index (χ0v) is 22.4. The summed E-state index contributed by atoms with van der Waals surface area (Å²) in [6, 6.07) is 3.00. The highest BCUT2D eigenvalue weighted by Gasteiger charge is 2.34. The number of ether oxygens (including phenoxy) is 1. The summed E-state index contributed by atoms with van der Waals surface area (Å²) in [6.07, 6.45) is 8.33. The summed E-state index contributed by atoms with van der Waals surface area (Å²) in [6.45, 7) is 12.5. The molecular formula is C26H34N8OS. The van der Waals surface area contributed by atoms with E-state index in [4.69, 9.17) is 14.8 Å². The van der Waals surface area contributed by atoms with Crippen LogP contribution in [-0.2, 0) is 0 Å². The fourth-order valence-corrected chi connectivity index (χ4v) is 6.42. The molecule has 2 atom stereocenters. The largest absolute Gasteiger partial charge is 0.493 e. The molecule has 1 saturated carbocycles. The fourth-order valence-electron chi connectivity index (χ4n) is 5.38. The maximum Gasteiger partial charge on any atom is 0.197 e. The number of methoxy groups -OCH3 is 1. The van der Waals surface area contributed by atoms with E-state index in [9.17, 15) is 0 Å². The minimum atomic E-state index is 0.253. The van der Waals surface area contributed by atoms with Gasteiger partial charge in [0.25, 0.3) is 0 Å². The first-order chi connectivity index (χ1) is 17.4. The van der Waals surface area contributed by atoms with E-state index in [2.05, 4.69) is 52.7 Å². The van der Waals surface area contributed by atoms with Crippen LogP contribution in [0.5, 0.6) is 5.75 Å². The first-order valence-corrected chi connectivity index (χ1v) is 13.7.